The molecule has 0 radical (unpaired) electrons. The van der Waals surface area contributed by atoms with E-state index in [4.69, 9.17) is 0 Å². The van der Waals surface area contributed by atoms with Gasteiger partial charge < -0.3 is 5.32 Å². The summed E-state index contributed by atoms with van der Waals surface area (Å²) in [7, 11) is 0. The molecule has 0 spiro atoms. The smallest absolute Gasteiger partial charge is 0.271 e. The molecule has 1 aliphatic carbocycles. The van der Waals surface area contributed by atoms with Gasteiger partial charge in [-0.2, -0.15) is 0 Å². The molecule has 0 fully saturated rings. The fourth-order valence-corrected chi connectivity index (χ4v) is 2.98. The summed E-state index contributed by atoms with van der Waals surface area (Å²) in [6.07, 6.45) is 4.91. The molecule has 0 aromatic heterocycles. The van der Waals surface area contributed by atoms with Crippen molar-refractivity contribution >= 4 is 17.3 Å². The van der Waals surface area contributed by atoms with E-state index in [1.165, 1.54) is 36.1 Å². The SMILES string of the molecule is O=C(Cc1ccc2c(c1)CCCC2)Nc1cccc([N+](=O)[O-])c1. The lowest BCUT2D eigenvalue weighted by Crippen LogP contribution is -2.15. The first kappa shape index (κ1) is 15.2. The normalized spacial score (nSPS) is 13.2. The maximum Gasteiger partial charge on any atom is 0.271 e. The van der Waals surface area contributed by atoms with Crippen molar-refractivity contribution in [1.82, 2.24) is 0 Å². The zero-order valence-corrected chi connectivity index (χ0v) is 12.7. The van der Waals surface area contributed by atoms with Crippen LogP contribution in [0.3, 0.4) is 0 Å². The highest BCUT2D eigenvalue weighted by Crippen LogP contribution is 2.23. The number of fused-ring (bicyclic) bond motifs is 1. The summed E-state index contributed by atoms with van der Waals surface area (Å²) in [4.78, 5) is 22.4. The van der Waals surface area contributed by atoms with Gasteiger partial charge in [0.25, 0.3) is 5.69 Å². The number of hydrogen-bond acceptors (Lipinski definition) is 3. The molecule has 23 heavy (non-hydrogen) atoms. The number of nitrogens with one attached hydrogen (secondary N) is 1. The molecular formula is C18H18N2O3. The number of carbonyl (C=O) groups is 1. The summed E-state index contributed by atoms with van der Waals surface area (Å²) in [6.45, 7) is 0. The van der Waals surface area contributed by atoms with Gasteiger partial charge in [-0.25, -0.2) is 0 Å². The third-order valence-corrected chi connectivity index (χ3v) is 4.12. The number of nitro groups is 1. The number of amides is 1. The number of nitrogens with zero attached hydrogens (tertiary/aromatic N) is 1. The van der Waals surface area contributed by atoms with E-state index in [1.807, 2.05) is 6.07 Å². The number of aryl methyl sites for hydroxylation is 2. The highest BCUT2D eigenvalue weighted by Gasteiger charge is 2.12. The Morgan fingerprint density at radius 3 is 2.65 bits per heavy atom. The van der Waals surface area contributed by atoms with Gasteiger partial charge in [0, 0.05) is 17.8 Å². The predicted octanol–water partition coefficient (Wildman–Crippen LogP) is 3.65. The van der Waals surface area contributed by atoms with Gasteiger partial charge in [-0.15, -0.1) is 0 Å². The van der Waals surface area contributed by atoms with Crippen LogP contribution in [0.5, 0.6) is 0 Å². The van der Waals surface area contributed by atoms with Gasteiger partial charge in [0.1, 0.15) is 0 Å². The van der Waals surface area contributed by atoms with Crippen LogP contribution in [0.2, 0.25) is 0 Å². The van der Waals surface area contributed by atoms with Gasteiger partial charge in [0.15, 0.2) is 0 Å². The number of benzene rings is 2. The highest BCUT2D eigenvalue weighted by atomic mass is 16.6. The van der Waals surface area contributed by atoms with Gasteiger partial charge in [0.05, 0.1) is 11.3 Å². The number of anilines is 1. The van der Waals surface area contributed by atoms with Crippen LogP contribution in [0.25, 0.3) is 0 Å². The number of non-ortho nitro benzene ring substituents is 1. The molecule has 5 nitrogen and oxygen atoms in total. The second-order valence-electron chi connectivity index (χ2n) is 5.84. The van der Waals surface area contributed by atoms with Gasteiger partial charge in [-0.05, 0) is 48.4 Å². The van der Waals surface area contributed by atoms with Gasteiger partial charge >= 0.3 is 0 Å². The first-order valence-electron chi connectivity index (χ1n) is 7.77. The molecule has 2 aromatic carbocycles. The van der Waals surface area contributed by atoms with Crippen LogP contribution < -0.4 is 5.32 Å². The largest absolute Gasteiger partial charge is 0.326 e. The molecular weight excluding hydrogens is 292 g/mol. The Kier molecular flexibility index (Phi) is 4.37. The Labute approximate surface area is 134 Å². The van der Waals surface area contributed by atoms with Crippen LogP contribution in [-0.2, 0) is 24.1 Å². The minimum Gasteiger partial charge on any atom is -0.326 e. The van der Waals surface area contributed by atoms with E-state index in [-0.39, 0.29) is 18.0 Å². The van der Waals surface area contributed by atoms with E-state index in [9.17, 15) is 14.9 Å². The summed E-state index contributed by atoms with van der Waals surface area (Å²) in [5, 5.41) is 13.5. The van der Waals surface area contributed by atoms with Gasteiger partial charge in [-0.3, -0.25) is 14.9 Å². The van der Waals surface area contributed by atoms with Crippen LogP contribution in [-0.4, -0.2) is 10.8 Å². The molecule has 0 saturated carbocycles. The molecule has 0 saturated heterocycles. The summed E-state index contributed by atoms with van der Waals surface area (Å²) in [5.74, 6) is -0.166. The molecule has 0 unspecified atom stereocenters. The summed E-state index contributed by atoms with van der Waals surface area (Å²) < 4.78 is 0. The predicted molar refractivity (Wildman–Crippen MR) is 88.5 cm³/mol. The monoisotopic (exact) mass is 310 g/mol. The molecule has 1 N–H and O–H groups in total. The maximum atomic E-state index is 12.2. The van der Waals surface area contributed by atoms with Crippen LogP contribution >= 0.6 is 0 Å². The lowest BCUT2D eigenvalue weighted by Gasteiger charge is -2.16. The Bertz CT molecular complexity index is 756. The van der Waals surface area contributed by atoms with Crippen LogP contribution in [0, 0.1) is 10.1 Å². The fourth-order valence-electron chi connectivity index (χ4n) is 2.98. The number of hydrogen-bond donors (Lipinski definition) is 1. The second kappa shape index (κ2) is 6.60. The number of carbonyl (C=O) groups excluding carboxylic acids is 1. The average molecular weight is 310 g/mol. The first-order valence-corrected chi connectivity index (χ1v) is 7.77. The Balaban J connectivity index is 1.67. The van der Waals surface area contributed by atoms with E-state index >= 15 is 0 Å². The maximum absolute atomic E-state index is 12.2. The van der Waals surface area contributed by atoms with Gasteiger partial charge in [-0.1, -0.05) is 24.3 Å². The van der Waals surface area contributed by atoms with Crippen LogP contribution in [0.1, 0.15) is 29.5 Å². The molecule has 5 heteroatoms. The minimum absolute atomic E-state index is 0.0309. The van der Waals surface area contributed by atoms with Crippen molar-refractivity contribution in [3.05, 3.63) is 69.3 Å². The Hall–Kier alpha value is -2.69. The van der Waals surface area contributed by atoms with Crippen molar-refractivity contribution in [3.63, 3.8) is 0 Å². The van der Waals surface area contributed by atoms with Crippen molar-refractivity contribution in [1.29, 1.82) is 0 Å². The third-order valence-electron chi connectivity index (χ3n) is 4.12. The van der Waals surface area contributed by atoms with Crippen molar-refractivity contribution in [2.24, 2.45) is 0 Å². The van der Waals surface area contributed by atoms with Crippen molar-refractivity contribution in [2.45, 2.75) is 32.1 Å². The molecule has 1 amide bonds. The average Bonchev–Trinajstić information content (AvgIpc) is 2.55. The minimum atomic E-state index is -0.473. The molecule has 3 rings (SSSR count). The lowest BCUT2D eigenvalue weighted by molar-refractivity contribution is -0.384. The fraction of sp³-hybridized carbons (Fsp3) is 0.278. The molecule has 118 valence electrons. The summed E-state index contributed by atoms with van der Waals surface area (Å²) in [6, 6.07) is 12.2. The van der Waals surface area contributed by atoms with Crippen molar-refractivity contribution in [3.8, 4) is 0 Å². The zero-order chi connectivity index (χ0) is 16.2. The molecule has 0 bridgehead atoms. The second-order valence-corrected chi connectivity index (χ2v) is 5.84. The Morgan fingerprint density at radius 2 is 1.87 bits per heavy atom. The topological polar surface area (TPSA) is 72.2 Å². The van der Waals surface area contributed by atoms with Crippen molar-refractivity contribution < 1.29 is 9.72 Å². The van der Waals surface area contributed by atoms with E-state index < -0.39 is 4.92 Å². The van der Waals surface area contributed by atoms with E-state index in [1.54, 1.807) is 12.1 Å². The third kappa shape index (κ3) is 3.74. The van der Waals surface area contributed by atoms with E-state index in [0.29, 0.717) is 5.69 Å². The standard InChI is InChI=1S/C18H18N2O3/c21-18(19-16-6-3-7-17(12-16)20(22)23)11-13-8-9-14-4-1-2-5-15(14)10-13/h3,6-10,12H,1-2,4-5,11H2,(H,19,21). The summed E-state index contributed by atoms with van der Waals surface area (Å²) in [5.41, 5.74) is 4.13. The molecule has 1 aliphatic rings. The van der Waals surface area contributed by atoms with E-state index in [2.05, 4.69) is 17.4 Å². The van der Waals surface area contributed by atoms with Gasteiger partial charge in [0.2, 0.25) is 5.91 Å². The molecule has 0 aliphatic heterocycles. The summed E-state index contributed by atoms with van der Waals surface area (Å²) >= 11 is 0. The van der Waals surface area contributed by atoms with Crippen LogP contribution in [0.15, 0.2) is 42.5 Å². The quantitative estimate of drug-likeness (QED) is 0.692. The Morgan fingerprint density at radius 1 is 1.09 bits per heavy atom. The van der Waals surface area contributed by atoms with Crippen molar-refractivity contribution in [2.75, 3.05) is 5.32 Å². The number of rotatable bonds is 4. The zero-order valence-electron chi connectivity index (χ0n) is 12.7. The molecule has 0 heterocycles. The number of nitro benzene ring substituents is 1. The van der Waals surface area contributed by atoms with E-state index in [0.717, 1.165) is 18.4 Å². The highest BCUT2D eigenvalue weighted by molar-refractivity contribution is 5.92. The first-order chi connectivity index (χ1) is 11.1. The lowest BCUT2D eigenvalue weighted by atomic mass is 9.90. The molecule has 0 atom stereocenters. The molecule has 2 aromatic rings. The van der Waals surface area contributed by atoms with Crippen LogP contribution in [0.4, 0.5) is 11.4 Å².